The molecular weight excluding hydrogens is 805 g/mol. The summed E-state index contributed by atoms with van der Waals surface area (Å²) in [4.78, 5) is 114. The summed E-state index contributed by atoms with van der Waals surface area (Å²) in [7, 11) is 0. The van der Waals surface area contributed by atoms with Gasteiger partial charge in [0.2, 0.25) is 35.4 Å². The molecule has 2 rings (SSSR count). The molecule has 0 aromatic carbocycles. The monoisotopic (exact) mass is 857 g/mol. The molecule has 1 fully saturated rings. The largest absolute Gasteiger partial charge is 0.481 e. The number of nitrogens with one attached hydrogen (secondary N) is 6. The number of nitrogens with two attached hydrogens (primary N) is 1. The Kier molecular flexibility index (Phi) is 21.2. The molecule has 1 aromatic rings. The molecule has 10 N–H and O–H groups in total. The molecule has 20 nitrogen and oxygen atoms in total. The van der Waals surface area contributed by atoms with E-state index in [0.29, 0.717) is 31.5 Å². The summed E-state index contributed by atoms with van der Waals surface area (Å²) in [6.07, 6.45) is 3.50. The van der Waals surface area contributed by atoms with E-state index in [0.717, 1.165) is 17.7 Å². The predicted molar refractivity (Wildman–Crippen MR) is 208 cm³/mol. The van der Waals surface area contributed by atoms with Gasteiger partial charge < -0.3 is 52.7 Å². The van der Waals surface area contributed by atoms with Gasteiger partial charge in [0.05, 0.1) is 25.2 Å². The highest BCUT2D eigenvalue weighted by Gasteiger charge is 2.41. The van der Waals surface area contributed by atoms with Gasteiger partial charge in [-0.15, -0.1) is 0 Å². The van der Waals surface area contributed by atoms with Gasteiger partial charge in [-0.05, 0) is 31.9 Å². The van der Waals surface area contributed by atoms with Gasteiger partial charge in [-0.3, -0.25) is 43.3 Å². The summed E-state index contributed by atoms with van der Waals surface area (Å²) in [5.74, 6) is -10.4. The van der Waals surface area contributed by atoms with Crippen LogP contribution in [-0.4, -0.2) is 135 Å². The van der Waals surface area contributed by atoms with Crippen LogP contribution in [0.15, 0.2) is 18.3 Å². The normalized spacial score (nSPS) is 15.1. The minimum atomic E-state index is -2.95. The van der Waals surface area contributed by atoms with Crippen molar-refractivity contribution in [2.24, 2.45) is 5.73 Å². The summed E-state index contributed by atoms with van der Waals surface area (Å²) in [6.45, 7) is 0.682. The fourth-order valence-electron chi connectivity index (χ4n) is 5.54. The van der Waals surface area contributed by atoms with E-state index in [4.69, 9.17) is 15.9 Å². The van der Waals surface area contributed by atoms with Gasteiger partial charge in [0.25, 0.3) is 11.8 Å². The maximum absolute atomic E-state index is 13.5. The van der Waals surface area contributed by atoms with Gasteiger partial charge in [-0.25, -0.2) is 13.6 Å². The Labute approximate surface area is 344 Å². The van der Waals surface area contributed by atoms with E-state index in [9.17, 15) is 51.9 Å². The van der Waals surface area contributed by atoms with Crippen molar-refractivity contribution < 1.29 is 62.1 Å². The van der Waals surface area contributed by atoms with Crippen molar-refractivity contribution in [3.05, 3.63) is 29.6 Å². The van der Waals surface area contributed by atoms with E-state index in [1.54, 1.807) is 0 Å². The average molecular weight is 858 g/mol. The molecule has 7 amide bonds. The number of unbranched alkanes of at least 4 members (excludes halogenated alkanes) is 4. The molecule has 0 radical (unpaired) electrons. The van der Waals surface area contributed by atoms with E-state index in [2.05, 4.69) is 49.5 Å². The van der Waals surface area contributed by atoms with Gasteiger partial charge in [0.15, 0.2) is 0 Å². The number of thiol groups is 1. The minimum Gasteiger partial charge on any atom is -0.481 e. The van der Waals surface area contributed by atoms with Crippen molar-refractivity contribution in [3.8, 4) is 0 Å². The van der Waals surface area contributed by atoms with E-state index in [1.165, 1.54) is 25.3 Å². The number of halogens is 2. The van der Waals surface area contributed by atoms with Crippen LogP contribution in [0.25, 0.3) is 0 Å². The molecule has 328 valence electrons. The molecule has 59 heavy (non-hydrogen) atoms. The summed E-state index contributed by atoms with van der Waals surface area (Å²) < 4.78 is 26.9. The number of amides is 7. The number of carbonyl (C=O) groups is 9. The quantitative estimate of drug-likeness (QED) is 0.0388. The molecular formula is C36H53F2N9O11S. The van der Waals surface area contributed by atoms with Gasteiger partial charge in [0, 0.05) is 62.8 Å². The Balaban J connectivity index is 1.56. The SMILES string of the molecule is CC(NC(=O)c1ccnc(CNC(=O)CCC(=O)NCCCCCCCC(=O)NCC(N)C(=O)NC(CC(=O)O)C(=O)NC(CS)C(=O)O)c1)C(=O)N1CCC(F)(F)C1. The predicted octanol–water partition coefficient (Wildman–Crippen LogP) is -1.18. The Bertz CT molecular complexity index is 1670. The van der Waals surface area contributed by atoms with Crippen molar-refractivity contribution >= 4 is 65.9 Å². The van der Waals surface area contributed by atoms with E-state index < -0.39 is 91.0 Å². The smallest absolute Gasteiger partial charge is 0.327 e. The summed E-state index contributed by atoms with van der Waals surface area (Å²) in [6, 6.07) is -2.56. The fourth-order valence-corrected chi connectivity index (χ4v) is 5.79. The molecule has 1 aliphatic rings. The lowest BCUT2D eigenvalue weighted by Crippen LogP contribution is -2.57. The van der Waals surface area contributed by atoms with Gasteiger partial charge >= 0.3 is 11.9 Å². The van der Waals surface area contributed by atoms with Crippen LogP contribution in [0.5, 0.6) is 0 Å². The zero-order valence-corrected chi connectivity index (χ0v) is 33.5. The lowest BCUT2D eigenvalue weighted by Gasteiger charge is -2.21. The van der Waals surface area contributed by atoms with Crippen LogP contribution in [-0.2, 0) is 44.9 Å². The van der Waals surface area contributed by atoms with Crippen LogP contribution in [0.4, 0.5) is 8.78 Å². The third kappa shape index (κ3) is 19.2. The second kappa shape index (κ2) is 25.1. The first-order valence-electron chi connectivity index (χ1n) is 19.0. The highest BCUT2D eigenvalue weighted by Crippen LogP contribution is 2.27. The van der Waals surface area contributed by atoms with Crippen LogP contribution in [0.3, 0.4) is 0 Å². The molecule has 23 heteroatoms. The van der Waals surface area contributed by atoms with E-state index >= 15 is 0 Å². The number of aromatic nitrogens is 1. The summed E-state index contributed by atoms with van der Waals surface area (Å²) in [5, 5.41) is 32.8. The Morgan fingerprint density at radius 1 is 0.864 bits per heavy atom. The number of carboxylic acid groups (broad SMARTS) is 2. The van der Waals surface area contributed by atoms with Crippen LogP contribution in [0.2, 0.25) is 0 Å². The van der Waals surface area contributed by atoms with Crippen LogP contribution < -0.4 is 37.6 Å². The average Bonchev–Trinajstić information content (AvgIpc) is 3.56. The van der Waals surface area contributed by atoms with Crippen molar-refractivity contribution in [3.63, 3.8) is 0 Å². The Morgan fingerprint density at radius 3 is 2.12 bits per heavy atom. The summed E-state index contributed by atoms with van der Waals surface area (Å²) >= 11 is 3.81. The second-order valence-corrected chi connectivity index (χ2v) is 14.3. The summed E-state index contributed by atoms with van der Waals surface area (Å²) in [5.41, 5.74) is 6.29. The first-order chi connectivity index (χ1) is 27.8. The minimum absolute atomic E-state index is 0.0281. The number of rotatable bonds is 26. The number of hydrogen-bond acceptors (Lipinski definition) is 12. The Hall–Kier alpha value is -5.45. The number of carboxylic acids is 2. The first kappa shape index (κ1) is 49.7. The van der Waals surface area contributed by atoms with Gasteiger partial charge in [0.1, 0.15) is 24.2 Å². The molecule has 2 heterocycles. The lowest BCUT2D eigenvalue weighted by molar-refractivity contribution is -0.143. The fraction of sp³-hybridized carbons (Fsp3) is 0.611. The zero-order valence-electron chi connectivity index (χ0n) is 32.6. The highest BCUT2D eigenvalue weighted by atomic mass is 32.1. The standard InChI is InChI=1S/C36H53F2N9O11S/c1-21(34(56)47-14-11-36(37,38)20-47)44-31(53)22-10-13-40-23(15-22)17-42-29(50)9-8-28(49)41-12-6-4-2-3-5-7-27(48)43-18-24(39)32(54)45-25(16-30(51)52)33(55)46-26(19-59)35(57)58/h10,13,15,21,24-26,59H,2-9,11-12,14,16-20,39H2,1H3,(H,41,49)(H,42,50)(H,43,48)(H,44,53)(H,45,54)(H,46,55)(H,51,52)(H,57,58). The molecule has 1 aromatic heterocycles. The highest BCUT2D eigenvalue weighted by molar-refractivity contribution is 7.80. The number of aliphatic carboxylic acids is 2. The second-order valence-electron chi connectivity index (χ2n) is 13.9. The molecule has 4 atom stereocenters. The third-order valence-electron chi connectivity index (χ3n) is 8.89. The lowest BCUT2D eigenvalue weighted by atomic mass is 10.1. The van der Waals surface area contributed by atoms with E-state index in [1.807, 2.05) is 0 Å². The van der Waals surface area contributed by atoms with Crippen molar-refractivity contribution in [1.29, 1.82) is 0 Å². The number of pyridine rings is 1. The van der Waals surface area contributed by atoms with Crippen molar-refractivity contribution in [2.75, 3.05) is 31.9 Å². The van der Waals surface area contributed by atoms with Gasteiger partial charge in [-0.1, -0.05) is 19.3 Å². The van der Waals surface area contributed by atoms with E-state index in [-0.39, 0.29) is 62.0 Å². The maximum Gasteiger partial charge on any atom is 0.327 e. The first-order valence-corrected chi connectivity index (χ1v) is 19.6. The van der Waals surface area contributed by atoms with Crippen LogP contribution in [0.1, 0.15) is 87.2 Å². The number of carbonyl (C=O) groups excluding carboxylic acids is 7. The molecule has 4 unspecified atom stereocenters. The third-order valence-corrected chi connectivity index (χ3v) is 9.26. The number of hydrogen-bond donors (Lipinski definition) is 10. The number of nitrogens with zero attached hydrogens (tertiary/aromatic N) is 2. The molecule has 1 aliphatic heterocycles. The van der Waals surface area contributed by atoms with Crippen molar-refractivity contribution in [1.82, 2.24) is 41.8 Å². The van der Waals surface area contributed by atoms with Gasteiger partial charge in [-0.2, -0.15) is 12.6 Å². The molecule has 0 bridgehead atoms. The van der Waals surface area contributed by atoms with Crippen LogP contribution in [0, 0.1) is 0 Å². The Morgan fingerprint density at radius 2 is 1.49 bits per heavy atom. The van der Waals surface area contributed by atoms with Crippen molar-refractivity contribution in [2.45, 2.75) is 108 Å². The molecule has 0 saturated carbocycles. The molecule has 0 spiro atoms. The molecule has 0 aliphatic carbocycles. The molecule has 1 saturated heterocycles. The zero-order chi connectivity index (χ0) is 44.1. The maximum atomic E-state index is 13.5. The number of alkyl halides is 2. The van der Waals surface area contributed by atoms with Crippen LogP contribution >= 0.6 is 12.6 Å². The number of likely N-dealkylation sites (tertiary alicyclic amines) is 1. The topological polar surface area (TPSA) is 308 Å².